The number of phenols is 1. The van der Waals surface area contributed by atoms with Gasteiger partial charge < -0.3 is 9.84 Å². The number of rotatable bonds is 8. The molecule has 4 rings (SSSR count). The molecular weight excluding hydrogens is 394 g/mol. The summed E-state index contributed by atoms with van der Waals surface area (Å²) in [5, 5.41) is 17.3. The average Bonchev–Trinajstić information content (AvgIpc) is 3.26. The van der Waals surface area contributed by atoms with Crippen LogP contribution in [0.1, 0.15) is 32.0 Å². The predicted molar refractivity (Wildman–Crippen MR) is 113 cm³/mol. The summed E-state index contributed by atoms with van der Waals surface area (Å²) in [6.45, 7) is 0.216. The Balaban J connectivity index is 1.32. The number of hydrogen-bond donors (Lipinski definition) is 1. The Kier molecular flexibility index (Phi) is 5.84. The number of ether oxygens (including phenoxy) is 1. The Morgan fingerprint density at radius 2 is 1.48 bits per heavy atom. The van der Waals surface area contributed by atoms with Crippen molar-refractivity contribution in [1.29, 1.82) is 0 Å². The highest BCUT2D eigenvalue weighted by atomic mass is 16.5. The molecule has 31 heavy (non-hydrogen) atoms. The van der Waals surface area contributed by atoms with Crippen LogP contribution in [0.5, 0.6) is 11.5 Å². The minimum absolute atomic E-state index is 0.0358. The fraction of sp³-hybridized carbons (Fsp3) is 0.0833. The van der Waals surface area contributed by atoms with E-state index in [1.165, 1.54) is 16.8 Å². The molecule has 1 aromatic heterocycles. The van der Waals surface area contributed by atoms with E-state index in [9.17, 15) is 14.7 Å². The maximum Gasteiger partial charge on any atom is 0.193 e. The number of nitrogens with zero attached hydrogens (tertiary/aromatic N) is 3. The Hall–Kier alpha value is -4.26. The van der Waals surface area contributed by atoms with Crippen molar-refractivity contribution in [1.82, 2.24) is 15.0 Å². The van der Waals surface area contributed by atoms with Crippen LogP contribution >= 0.6 is 0 Å². The van der Waals surface area contributed by atoms with E-state index in [-0.39, 0.29) is 30.5 Å². The van der Waals surface area contributed by atoms with Crippen molar-refractivity contribution in [2.45, 2.75) is 13.2 Å². The third-order valence-electron chi connectivity index (χ3n) is 4.62. The van der Waals surface area contributed by atoms with E-state index < -0.39 is 0 Å². The Morgan fingerprint density at radius 1 is 0.839 bits per heavy atom. The number of phenolic OH excluding ortho intramolecular Hbond substituents is 1. The van der Waals surface area contributed by atoms with Crippen LogP contribution in [0.3, 0.4) is 0 Å². The maximum absolute atomic E-state index is 12.4. The lowest BCUT2D eigenvalue weighted by Gasteiger charge is -2.05. The number of carbonyl (C=O) groups excluding carboxylic acids is 2. The molecule has 0 radical (unpaired) electrons. The van der Waals surface area contributed by atoms with Crippen molar-refractivity contribution in [2.24, 2.45) is 0 Å². The molecule has 154 valence electrons. The second kappa shape index (κ2) is 9.04. The van der Waals surface area contributed by atoms with Gasteiger partial charge in [0.05, 0.1) is 6.20 Å². The number of aromatic nitrogens is 3. The zero-order valence-electron chi connectivity index (χ0n) is 16.5. The van der Waals surface area contributed by atoms with Gasteiger partial charge in [-0.2, -0.15) is 0 Å². The predicted octanol–water partition coefficient (Wildman–Crippen LogP) is 3.68. The fourth-order valence-electron chi connectivity index (χ4n) is 2.98. The van der Waals surface area contributed by atoms with Gasteiger partial charge in [-0.3, -0.25) is 9.59 Å². The minimum Gasteiger partial charge on any atom is -0.508 e. The van der Waals surface area contributed by atoms with E-state index in [0.717, 1.165) is 0 Å². The molecule has 0 aliphatic rings. The normalized spacial score (nSPS) is 10.6. The SMILES string of the molecule is O=C(Cn1cc(COc2ccc(C(=O)c3ccccc3)cc2)nn1)c1ccc(O)cc1. The molecule has 0 aliphatic carbocycles. The molecule has 0 atom stereocenters. The topological polar surface area (TPSA) is 94.3 Å². The summed E-state index contributed by atoms with van der Waals surface area (Å²) in [5.74, 6) is 0.512. The molecular formula is C24H19N3O4. The van der Waals surface area contributed by atoms with Crippen molar-refractivity contribution in [3.63, 3.8) is 0 Å². The molecule has 3 aromatic carbocycles. The van der Waals surface area contributed by atoms with Crippen molar-refractivity contribution in [3.8, 4) is 11.5 Å². The van der Waals surface area contributed by atoms with Gasteiger partial charge in [0.15, 0.2) is 11.6 Å². The molecule has 7 heteroatoms. The quantitative estimate of drug-likeness (QED) is 0.443. The van der Waals surface area contributed by atoms with Crippen LogP contribution in [0.4, 0.5) is 0 Å². The largest absolute Gasteiger partial charge is 0.508 e. The van der Waals surface area contributed by atoms with Crippen molar-refractivity contribution >= 4 is 11.6 Å². The fourth-order valence-corrected chi connectivity index (χ4v) is 2.98. The van der Waals surface area contributed by atoms with E-state index >= 15 is 0 Å². The summed E-state index contributed by atoms with van der Waals surface area (Å²) in [5.41, 5.74) is 2.27. The molecule has 0 amide bonds. The van der Waals surface area contributed by atoms with Gasteiger partial charge in [-0.15, -0.1) is 5.10 Å². The Morgan fingerprint density at radius 3 is 2.19 bits per heavy atom. The van der Waals surface area contributed by atoms with Crippen LogP contribution in [0.2, 0.25) is 0 Å². The van der Waals surface area contributed by atoms with Crippen LogP contribution in [-0.4, -0.2) is 31.7 Å². The highest BCUT2D eigenvalue weighted by Crippen LogP contribution is 2.17. The van der Waals surface area contributed by atoms with Crippen molar-refractivity contribution < 1.29 is 19.4 Å². The molecule has 1 heterocycles. The first kappa shape index (κ1) is 20.0. The zero-order chi connectivity index (χ0) is 21.6. The molecule has 0 fully saturated rings. The standard InChI is InChI=1S/C24H19N3O4/c28-21-10-6-17(7-11-21)23(29)15-27-14-20(25-26-27)16-31-22-12-8-19(9-13-22)24(30)18-4-2-1-3-5-18/h1-14,28H,15-16H2. The lowest BCUT2D eigenvalue weighted by atomic mass is 10.0. The first-order valence-electron chi connectivity index (χ1n) is 9.62. The number of ketones is 2. The third-order valence-corrected chi connectivity index (χ3v) is 4.62. The molecule has 7 nitrogen and oxygen atoms in total. The van der Waals surface area contributed by atoms with Gasteiger partial charge >= 0.3 is 0 Å². The van der Waals surface area contributed by atoms with Gasteiger partial charge in [-0.1, -0.05) is 35.5 Å². The summed E-state index contributed by atoms with van der Waals surface area (Å²) in [4.78, 5) is 24.7. The Labute approximate surface area is 178 Å². The minimum atomic E-state index is -0.143. The van der Waals surface area contributed by atoms with Crippen molar-refractivity contribution in [3.05, 3.63) is 107 Å². The molecule has 0 unspecified atom stereocenters. The first-order valence-corrected chi connectivity index (χ1v) is 9.62. The molecule has 0 aliphatic heterocycles. The van der Waals surface area contributed by atoms with E-state index in [0.29, 0.717) is 28.1 Å². The maximum atomic E-state index is 12.4. The molecule has 0 spiro atoms. The van der Waals surface area contributed by atoms with E-state index in [2.05, 4.69) is 10.3 Å². The average molecular weight is 413 g/mol. The van der Waals surface area contributed by atoms with Crippen LogP contribution in [0.15, 0.2) is 85.1 Å². The summed E-state index contributed by atoms with van der Waals surface area (Å²) >= 11 is 0. The van der Waals surface area contributed by atoms with Crippen LogP contribution in [0.25, 0.3) is 0 Å². The monoisotopic (exact) mass is 413 g/mol. The Bertz CT molecular complexity index is 1180. The summed E-state index contributed by atoms with van der Waals surface area (Å²) in [6, 6.07) is 22.0. The summed E-state index contributed by atoms with van der Waals surface area (Å²) in [7, 11) is 0. The third kappa shape index (κ3) is 5.02. The first-order chi connectivity index (χ1) is 15.1. The number of benzene rings is 3. The lowest BCUT2D eigenvalue weighted by molar-refractivity contribution is 0.0966. The number of hydrogen-bond acceptors (Lipinski definition) is 6. The van der Waals surface area contributed by atoms with Crippen LogP contribution in [-0.2, 0) is 13.2 Å². The number of carbonyl (C=O) groups is 2. The summed E-state index contributed by atoms with van der Waals surface area (Å²) in [6.07, 6.45) is 1.64. The second-order valence-electron chi connectivity index (χ2n) is 6.89. The second-order valence-corrected chi connectivity index (χ2v) is 6.89. The zero-order valence-corrected chi connectivity index (χ0v) is 16.5. The van der Waals surface area contributed by atoms with E-state index in [1.807, 2.05) is 18.2 Å². The van der Waals surface area contributed by atoms with Gasteiger partial charge in [0, 0.05) is 16.7 Å². The van der Waals surface area contributed by atoms with E-state index in [4.69, 9.17) is 4.74 Å². The van der Waals surface area contributed by atoms with Crippen molar-refractivity contribution in [2.75, 3.05) is 0 Å². The van der Waals surface area contributed by atoms with Gasteiger partial charge in [-0.25, -0.2) is 4.68 Å². The molecule has 0 saturated carbocycles. The van der Waals surface area contributed by atoms with Gasteiger partial charge in [0.1, 0.15) is 30.3 Å². The highest BCUT2D eigenvalue weighted by molar-refractivity contribution is 6.09. The lowest BCUT2D eigenvalue weighted by Crippen LogP contribution is -2.10. The molecule has 0 saturated heterocycles. The van der Waals surface area contributed by atoms with Gasteiger partial charge in [0.25, 0.3) is 0 Å². The molecule has 4 aromatic rings. The van der Waals surface area contributed by atoms with Crippen LogP contribution in [0, 0.1) is 0 Å². The molecule has 0 bridgehead atoms. The van der Waals surface area contributed by atoms with Gasteiger partial charge in [-0.05, 0) is 48.5 Å². The smallest absolute Gasteiger partial charge is 0.193 e. The van der Waals surface area contributed by atoms with Gasteiger partial charge in [0.2, 0.25) is 0 Å². The highest BCUT2D eigenvalue weighted by Gasteiger charge is 2.11. The number of Topliss-reactive ketones (excluding diaryl/α,β-unsaturated/α-hetero) is 1. The van der Waals surface area contributed by atoms with E-state index in [1.54, 1.807) is 54.7 Å². The number of aromatic hydroxyl groups is 1. The molecule has 1 N–H and O–H groups in total. The summed E-state index contributed by atoms with van der Waals surface area (Å²) < 4.78 is 7.15. The van der Waals surface area contributed by atoms with Crippen LogP contribution < -0.4 is 4.74 Å².